The van der Waals surface area contributed by atoms with Gasteiger partial charge in [0.1, 0.15) is 0 Å². The number of hydrogen-bond acceptors (Lipinski definition) is 2. The zero-order chi connectivity index (χ0) is 19.6. The van der Waals surface area contributed by atoms with Crippen molar-refractivity contribution >= 4 is 59.1 Å². The lowest BCUT2D eigenvalue weighted by molar-refractivity contribution is 1.19. The van der Waals surface area contributed by atoms with E-state index in [1.165, 1.54) is 31.9 Å². The highest BCUT2D eigenvalue weighted by atomic mass is 28.3. The lowest BCUT2D eigenvalue weighted by Gasteiger charge is -2.20. The van der Waals surface area contributed by atoms with E-state index in [2.05, 4.69) is 75.7 Å². The van der Waals surface area contributed by atoms with Crippen LogP contribution in [0.2, 0.25) is 39.3 Å². The summed E-state index contributed by atoms with van der Waals surface area (Å²) in [6, 6.07) is 14.0. The van der Waals surface area contributed by atoms with Crippen molar-refractivity contribution in [2.24, 2.45) is 0 Å². The van der Waals surface area contributed by atoms with Crippen molar-refractivity contribution in [2.75, 3.05) is 0 Å². The minimum absolute atomic E-state index is 0.975. The molecule has 0 saturated heterocycles. The molecule has 4 aromatic rings. The summed E-state index contributed by atoms with van der Waals surface area (Å²) in [5.74, 6) is 0. The minimum Gasteiger partial charge on any atom is -0.252 e. The number of aryl methyl sites for hydroxylation is 1. The monoisotopic (exact) mass is 388 g/mol. The SMILES string of the molecule is Cc1cnc2c3cc([Si](C)(C)C)ccc3c3ccc([Si](C)(C)C)cc3c2n1. The predicted octanol–water partition coefficient (Wildman–Crippen LogP) is 5.34. The Hall–Kier alpha value is -2.05. The van der Waals surface area contributed by atoms with Crippen LogP contribution in [0.1, 0.15) is 5.69 Å². The minimum atomic E-state index is -1.40. The van der Waals surface area contributed by atoms with Crippen molar-refractivity contribution in [1.82, 2.24) is 9.97 Å². The van der Waals surface area contributed by atoms with E-state index in [0.717, 1.165) is 16.7 Å². The largest absolute Gasteiger partial charge is 0.252 e. The van der Waals surface area contributed by atoms with E-state index in [0.29, 0.717) is 0 Å². The average molecular weight is 389 g/mol. The van der Waals surface area contributed by atoms with Crippen LogP contribution in [0.3, 0.4) is 0 Å². The fourth-order valence-electron chi connectivity index (χ4n) is 3.75. The Bertz CT molecular complexity index is 1200. The van der Waals surface area contributed by atoms with Crippen molar-refractivity contribution < 1.29 is 0 Å². The first-order valence-corrected chi connectivity index (χ1v) is 16.7. The zero-order valence-corrected chi connectivity index (χ0v) is 19.4. The summed E-state index contributed by atoms with van der Waals surface area (Å²) < 4.78 is 0. The highest BCUT2D eigenvalue weighted by Crippen LogP contribution is 2.33. The molecule has 0 aliphatic heterocycles. The van der Waals surface area contributed by atoms with Crippen LogP contribution in [0.15, 0.2) is 42.6 Å². The molecule has 4 heteroatoms. The Labute approximate surface area is 163 Å². The maximum Gasteiger partial charge on any atom is 0.0974 e. The maximum atomic E-state index is 4.93. The lowest BCUT2D eigenvalue weighted by Crippen LogP contribution is -2.37. The van der Waals surface area contributed by atoms with Gasteiger partial charge in [0.05, 0.1) is 32.9 Å². The van der Waals surface area contributed by atoms with Crippen LogP contribution < -0.4 is 10.4 Å². The van der Waals surface area contributed by atoms with E-state index < -0.39 is 16.1 Å². The first-order valence-electron chi connectivity index (χ1n) is 9.69. The Morgan fingerprint density at radius 1 is 0.630 bits per heavy atom. The van der Waals surface area contributed by atoms with E-state index >= 15 is 0 Å². The molecule has 0 amide bonds. The quantitative estimate of drug-likeness (QED) is 0.342. The van der Waals surface area contributed by atoms with Gasteiger partial charge in [-0.15, -0.1) is 0 Å². The molecule has 0 unspecified atom stereocenters. The summed E-state index contributed by atoms with van der Waals surface area (Å²) in [5.41, 5.74) is 3.06. The number of benzene rings is 3. The molecule has 0 saturated carbocycles. The normalized spacial score (nSPS) is 13.0. The number of aromatic nitrogens is 2. The van der Waals surface area contributed by atoms with Crippen LogP contribution in [0.5, 0.6) is 0 Å². The third-order valence-electron chi connectivity index (χ3n) is 5.46. The van der Waals surface area contributed by atoms with Crippen molar-refractivity contribution in [3.8, 4) is 0 Å². The Balaban J connectivity index is 2.21. The average Bonchev–Trinajstić information content (AvgIpc) is 2.59. The van der Waals surface area contributed by atoms with Crippen LogP contribution in [-0.2, 0) is 0 Å². The van der Waals surface area contributed by atoms with Gasteiger partial charge < -0.3 is 0 Å². The molecule has 27 heavy (non-hydrogen) atoms. The van der Waals surface area contributed by atoms with Gasteiger partial charge in [0, 0.05) is 17.0 Å². The van der Waals surface area contributed by atoms with Crippen LogP contribution in [0.4, 0.5) is 0 Å². The predicted molar refractivity (Wildman–Crippen MR) is 125 cm³/mol. The van der Waals surface area contributed by atoms with Gasteiger partial charge in [-0.3, -0.25) is 4.98 Å². The Morgan fingerprint density at radius 3 is 1.59 bits per heavy atom. The van der Waals surface area contributed by atoms with Gasteiger partial charge in [0.2, 0.25) is 0 Å². The molecule has 0 bridgehead atoms. The molecule has 0 radical (unpaired) electrons. The molecule has 1 heterocycles. The standard InChI is InChI=1S/C23H28N2Si2/c1-15-14-24-22-20-12-16(26(2,3)4)8-10-18(20)19-11-9-17(27(5,6)7)13-21(19)23(22)25-15/h8-14H,1-7H3. The summed E-state index contributed by atoms with van der Waals surface area (Å²) >= 11 is 0. The second kappa shape index (κ2) is 5.98. The van der Waals surface area contributed by atoms with Crippen molar-refractivity contribution in [1.29, 1.82) is 0 Å². The molecule has 0 atom stereocenters. The van der Waals surface area contributed by atoms with Gasteiger partial charge >= 0.3 is 0 Å². The smallest absolute Gasteiger partial charge is 0.0974 e. The third-order valence-corrected chi connectivity index (χ3v) is 9.55. The van der Waals surface area contributed by atoms with E-state index in [9.17, 15) is 0 Å². The molecule has 2 nitrogen and oxygen atoms in total. The summed E-state index contributed by atoms with van der Waals surface area (Å²) in [4.78, 5) is 9.77. The molecular formula is C23H28N2Si2. The molecular weight excluding hydrogens is 360 g/mol. The summed E-state index contributed by atoms with van der Waals surface area (Å²) in [7, 11) is -2.79. The second-order valence-electron chi connectivity index (χ2n) is 9.73. The van der Waals surface area contributed by atoms with Gasteiger partial charge in [0.15, 0.2) is 0 Å². The number of hydrogen-bond donors (Lipinski definition) is 0. The fraction of sp³-hybridized carbons (Fsp3) is 0.304. The zero-order valence-electron chi connectivity index (χ0n) is 17.4. The number of rotatable bonds is 2. The molecule has 0 spiro atoms. The van der Waals surface area contributed by atoms with Crippen molar-refractivity contribution in [3.05, 3.63) is 48.3 Å². The Morgan fingerprint density at radius 2 is 1.11 bits per heavy atom. The van der Waals surface area contributed by atoms with Crippen LogP contribution in [0.25, 0.3) is 32.6 Å². The fourth-order valence-corrected chi connectivity index (χ4v) is 6.07. The first kappa shape index (κ1) is 18.3. The topological polar surface area (TPSA) is 25.8 Å². The summed E-state index contributed by atoms with van der Waals surface area (Å²) in [6.07, 6.45) is 1.90. The summed E-state index contributed by atoms with van der Waals surface area (Å²) in [5, 5.41) is 8.01. The van der Waals surface area contributed by atoms with Crippen LogP contribution >= 0.6 is 0 Å². The highest BCUT2D eigenvalue weighted by molar-refractivity contribution is 6.89. The Kier molecular flexibility index (Phi) is 4.06. The van der Waals surface area contributed by atoms with E-state index in [1.807, 2.05) is 13.1 Å². The molecule has 0 fully saturated rings. The van der Waals surface area contributed by atoms with Gasteiger partial charge in [-0.25, -0.2) is 4.98 Å². The van der Waals surface area contributed by atoms with E-state index in [-0.39, 0.29) is 0 Å². The van der Waals surface area contributed by atoms with Crippen molar-refractivity contribution in [3.63, 3.8) is 0 Å². The van der Waals surface area contributed by atoms with Gasteiger partial charge in [-0.2, -0.15) is 0 Å². The van der Waals surface area contributed by atoms with E-state index in [1.54, 1.807) is 0 Å². The summed E-state index contributed by atoms with van der Waals surface area (Å²) in [6.45, 7) is 16.4. The number of fused-ring (bicyclic) bond motifs is 6. The molecule has 0 N–H and O–H groups in total. The maximum absolute atomic E-state index is 4.93. The lowest BCUT2D eigenvalue weighted by atomic mass is 9.99. The van der Waals surface area contributed by atoms with Gasteiger partial charge in [-0.05, 0) is 17.7 Å². The van der Waals surface area contributed by atoms with Gasteiger partial charge in [-0.1, -0.05) is 86.1 Å². The molecule has 0 aliphatic carbocycles. The molecule has 138 valence electrons. The number of nitrogens with zero attached hydrogens (tertiary/aromatic N) is 2. The van der Waals surface area contributed by atoms with Crippen LogP contribution in [0, 0.1) is 6.92 Å². The molecule has 3 aromatic carbocycles. The molecule has 4 rings (SSSR count). The second-order valence-corrected chi connectivity index (χ2v) is 19.9. The van der Waals surface area contributed by atoms with Crippen LogP contribution in [-0.4, -0.2) is 26.1 Å². The first-order chi connectivity index (χ1) is 12.6. The van der Waals surface area contributed by atoms with Crippen molar-refractivity contribution in [2.45, 2.75) is 46.2 Å². The molecule has 0 aliphatic rings. The third kappa shape index (κ3) is 3.11. The molecule has 1 aromatic heterocycles. The highest BCUT2D eigenvalue weighted by Gasteiger charge is 2.21. The van der Waals surface area contributed by atoms with E-state index in [4.69, 9.17) is 9.97 Å². The van der Waals surface area contributed by atoms with Gasteiger partial charge in [0.25, 0.3) is 0 Å².